The molecule has 10 heavy (non-hydrogen) atoms. The van der Waals surface area contributed by atoms with Gasteiger partial charge in [-0.15, -0.1) is 0 Å². The summed E-state index contributed by atoms with van der Waals surface area (Å²) < 4.78 is 51.9. The molecule has 0 spiro atoms. The Kier molecular flexibility index (Phi) is 6.29. The molecule has 0 amide bonds. The SMILES string of the molecule is O=S([O-])C(O)C(F)(F)F.[Na+]. The fourth-order valence-corrected chi connectivity index (χ4v) is 0.327. The van der Waals surface area contributed by atoms with Crippen molar-refractivity contribution in [2.24, 2.45) is 0 Å². The van der Waals surface area contributed by atoms with Crippen LogP contribution >= 0.6 is 0 Å². The number of halogens is 3. The first kappa shape index (κ1) is 13.4. The molecule has 2 unspecified atom stereocenters. The first-order valence-electron chi connectivity index (χ1n) is 1.68. The Labute approximate surface area is 79.2 Å². The molecular formula is C2H2F3NaO3S. The van der Waals surface area contributed by atoms with Gasteiger partial charge < -0.3 is 9.66 Å². The summed E-state index contributed by atoms with van der Waals surface area (Å²) in [5.74, 6) is 0. The second-order valence-electron chi connectivity index (χ2n) is 1.15. The van der Waals surface area contributed by atoms with E-state index in [-0.39, 0.29) is 29.6 Å². The van der Waals surface area contributed by atoms with Gasteiger partial charge in [0.15, 0.2) is 0 Å². The smallest absolute Gasteiger partial charge is 0.770 e. The Hall–Kier alpha value is 0.860. The van der Waals surface area contributed by atoms with Crippen LogP contribution in [0.15, 0.2) is 0 Å². The Morgan fingerprint density at radius 3 is 1.80 bits per heavy atom. The number of hydrogen-bond donors (Lipinski definition) is 1. The molecule has 3 nitrogen and oxygen atoms in total. The Balaban J connectivity index is 0. The monoisotopic (exact) mass is 186 g/mol. The van der Waals surface area contributed by atoms with Crippen molar-refractivity contribution in [3.05, 3.63) is 0 Å². The predicted octanol–water partition coefficient (Wildman–Crippen LogP) is -3.25. The van der Waals surface area contributed by atoms with Crippen molar-refractivity contribution < 1.29 is 56.6 Å². The summed E-state index contributed by atoms with van der Waals surface area (Å²) >= 11 is -3.50. The van der Waals surface area contributed by atoms with E-state index in [1.165, 1.54) is 0 Å². The molecule has 0 saturated carbocycles. The zero-order valence-corrected chi connectivity index (χ0v) is 7.70. The molecule has 0 fully saturated rings. The number of alkyl halides is 3. The van der Waals surface area contributed by atoms with Crippen LogP contribution in [-0.4, -0.2) is 25.5 Å². The summed E-state index contributed by atoms with van der Waals surface area (Å²) in [7, 11) is 0. The van der Waals surface area contributed by atoms with Crippen LogP contribution in [-0.2, 0) is 11.1 Å². The molecule has 0 heterocycles. The third-order valence-corrected chi connectivity index (χ3v) is 1.09. The van der Waals surface area contributed by atoms with E-state index in [4.69, 9.17) is 5.11 Å². The normalized spacial score (nSPS) is 17.3. The number of hydrogen-bond acceptors (Lipinski definition) is 3. The molecule has 0 aliphatic heterocycles. The largest absolute Gasteiger partial charge is 1.00 e. The summed E-state index contributed by atoms with van der Waals surface area (Å²) in [6.45, 7) is 0. The molecule has 0 rings (SSSR count). The van der Waals surface area contributed by atoms with Gasteiger partial charge in [-0.2, -0.15) is 13.2 Å². The Morgan fingerprint density at radius 1 is 1.50 bits per heavy atom. The van der Waals surface area contributed by atoms with Gasteiger partial charge in [-0.25, -0.2) is 0 Å². The molecule has 1 N–H and O–H groups in total. The second kappa shape index (κ2) is 4.68. The van der Waals surface area contributed by atoms with E-state index >= 15 is 0 Å². The summed E-state index contributed by atoms with van der Waals surface area (Å²) in [4.78, 5) is 0. The van der Waals surface area contributed by atoms with Crippen molar-refractivity contribution in [1.29, 1.82) is 0 Å². The maximum absolute atomic E-state index is 11.1. The van der Waals surface area contributed by atoms with E-state index in [1.807, 2.05) is 0 Å². The fraction of sp³-hybridized carbons (Fsp3) is 1.00. The van der Waals surface area contributed by atoms with Gasteiger partial charge in [0.2, 0.25) is 5.44 Å². The van der Waals surface area contributed by atoms with Crippen LogP contribution < -0.4 is 29.6 Å². The summed E-state index contributed by atoms with van der Waals surface area (Å²) in [6, 6.07) is 0. The summed E-state index contributed by atoms with van der Waals surface area (Å²) in [5.41, 5.74) is -3.27. The van der Waals surface area contributed by atoms with Gasteiger partial charge in [0.05, 0.1) is 0 Å². The zero-order chi connectivity index (χ0) is 7.65. The third kappa shape index (κ3) is 4.64. The van der Waals surface area contributed by atoms with E-state index in [9.17, 15) is 21.9 Å². The predicted molar refractivity (Wildman–Crippen MR) is 21.0 cm³/mol. The van der Waals surface area contributed by atoms with Gasteiger partial charge in [0.1, 0.15) is 0 Å². The van der Waals surface area contributed by atoms with E-state index in [2.05, 4.69) is 0 Å². The summed E-state index contributed by atoms with van der Waals surface area (Å²) in [5, 5.41) is 7.73. The number of rotatable bonds is 1. The van der Waals surface area contributed by atoms with E-state index in [0.29, 0.717) is 0 Å². The van der Waals surface area contributed by atoms with Crippen LogP contribution in [0.2, 0.25) is 0 Å². The average Bonchev–Trinajstić information content (AvgIpc) is 1.62. The number of aliphatic hydroxyl groups is 1. The molecule has 8 heteroatoms. The van der Waals surface area contributed by atoms with Crippen LogP contribution in [0.5, 0.6) is 0 Å². The van der Waals surface area contributed by atoms with Crippen LogP contribution in [0.3, 0.4) is 0 Å². The maximum Gasteiger partial charge on any atom is 1.00 e. The molecule has 0 saturated heterocycles. The molecule has 0 bridgehead atoms. The zero-order valence-electron chi connectivity index (χ0n) is 4.88. The van der Waals surface area contributed by atoms with E-state index in [0.717, 1.165) is 0 Å². The van der Waals surface area contributed by atoms with Gasteiger partial charge in [0.25, 0.3) is 0 Å². The van der Waals surface area contributed by atoms with Crippen molar-refractivity contribution in [3.8, 4) is 0 Å². The minimum Gasteiger partial charge on any atom is -0.770 e. The molecule has 0 aromatic rings. The molecule has 2 atom stereocenters. The average molecular weight is 186 g/mol. The molecule has 56 valence electrons. The molecular weight excluding hydrogens is 184 g/mol. The third-order valence-electron chi connectivity index (χ3n) is 0.462. The minimum atomic E-state index is -5.08. The van der Waals surface area contributed by atoms with Crippen LogP contribution in [0.1, 0.15) is 0 Å². The topological polar surface area (TPSA) is 60.4 Å². The van der Waals surface area contributed by atoms with Gasteiger partial charge in [0, 0.05) is 0 Å². The first-order valence-corrected chi connectivity index (χ1v) is 2.82. The van der Waals surface area contributed by atoms with E-state index < -0.39 is 22.7 Å². The minimum absolute atomic E-state index is 0. The maximum atomic E-state index is 11.1. The fourth-order valence-electron chi connectivity index (χ4n) is 0.109. The van der Waals surface area contributed by atoms with Gasteiger partial charge in [-0.3, -0.25) is 4.21 Å². The van der Waals surface area contributed by atoms with Crippen molar-refractivity contribution >= 4 is 11.1 Å². The summed E-state index contributed by atoms with van der Waals surface area (Å²) in [6.07, 6.45) is -5.08. The molecule has 0 radical (unpaired) electrons. The molecule has 0 aliphatic carbocycles. The molecule has 0 aromatic heterocycles. The van der Waals surface area contributed by atoms with Crippen molar-refractivity contribution in [3.63, 3.8) is 0 Å². The van der Waals surface area contributed by atoms with Crippen LogP contribution in [0.4, 0.5) is 13.2 Å². The van der Waals surface area contributed by atoms with Crippen LogP contribution in [0.25, 0.3) is 0 Å². The van der Waals surface area contributed by atoms with Crippen molar-refractivity contribution in [1.82, 2.24) is 0 Å². The Bertz CT molecular complexity index is 125. The Morgan fingerprint density at radius 2 is 1.80 bits per heavy atom. The van der Waals surface area contributed by atoms with Gasteiger partial charge >= 0.3 is 35.7 Å². The van der Waals surface area contributed by atoms with Gasteiger partial charge in [-0.05, 0) is 11.1 Å². The van der Waals surface area contributed by atoms with Gasteiger partial charge in [-0.1, -0.05) is 0 Å². The van der Waals surface area contributed by atoms with Crippen molar-refractivity contribution in [2.45, 2.75) is 11.6 Å². The molecule has 0 aromatic carbocycles. The second-order valence-corrected chi connectivity index (χ2v) is 2.12. The molecule has 0 aliphatic rings. The van der Waals surface area contributed by atoms with Crippen molar-refractivity contribution in [2.75, 3.05) is 0 Å². The van der Waals surface area contributed by atoms with E-state index in [1.54, 1.807) is 0 Å². The first-order chi connectivity index (χ1) is 3.85. The standard InChI is InChI=1S/C2H3F3O3S.Na/c3-2(4,5)1(6)9(7)8;/h1,6H,(H,7,8);/q;+1/p-1. The van der Waals surface area contributed by atoms with Crippen LogP contribution in [0, 0.1) is 0 Å². The quantitative estimate of drug-likeness (QED) is 0.345. The number of aliphatic hydroxyl groups excluding tert-OH is 1.